The van der Waals surface area contributed by atoms with Crippen molar-refractivity contribution in [2.45, 2.75) is 30.6 Å². The third-order valence-electron chi connectivity index (χ3n) is 4.27. The molecule has 24 heavy (non-hydrogen) atoms. The van der Waals surface area contributed by atoms with Crippen molar-refractivity contribution in [1.29, 1.82) is 0 Å². The second kappa shape index (κ2) is 6.05. The first kappa shape index (κ1) is 16.7. The second-order valence-electron chi connectivity index (χ2n) is 6.48. The molecule has 1 aliphatic heterocycles. The molecule has 1 aliphatic rings. The number of nitrogens with zero attached hydrogens (tertiary/aromatic N) is 2. The van der Waals surface area contributed by atoms with Crippen LogP contribution < -0.4 is 5.32 Å². The lowest BCUT2D eigenvalue weighted by Gasteiger charge is -2.12. The normalized spacial score (nSPS) is 18.6. The smallest absolute Gasteiger partial charge is 0.254 e. The summed E-state index contributed by atoms with van der Waals surface area (Å²) in [4.78, 5) is 12.9. The summed E-state index contributed by atoms with van der Waals surface area (Å²) in [7, 11) is -1.47. The molecular formula is C17H21N3O3S. The minimum atomic E-state index is -3.25. The minimum Gasteiger partial charge on any atom is -0.351 e. The van der Waals surface area contributed by atoms with Crippen LogP contribution in [0.2, 0.25) is 0 Å². The molecule has 7 heteroatoms. The van der Waals surface area contributed by atoms with E-state index in [0.29, 0.717) is 17.0 Å². The number of fused-ring (bicyclic) bond motifs is 1. The van der Waals surface area contributed by atoms with Crippen LogP contribution in [0.1, 0.15) is 47.3 Å². The Morgan fingerprint density at radius 2 is 2.08 bits per heavy atom. The highest BCUT2D eigenvalue weighted by atomic mass is 32.2. The molecule has 0 radical (unpaired) electrons. The van der Waals surface area contributed by atoms with Gasteiger partial charge < -0.3 is 5.32 Å². The predicted molar refractivity (Wildman–Crippen MR) is 90.9 cm³/mol. The standard InChI is InChI=1S/C17H21N3O3S/c1-11(2)16-14(9-20(3)19-16)17(21)18-8-12-10-24(22,23)15-7-5-4-6-13(12)15/h4-7,9,11-12H,8,10H2,1-3H3,(H,18,21). The van der Waals surface area contributed by atoms with Gasteiger partial charge in [0.05, 0.1) is 21.9 Å². The van der Waals surface area contributed by atoms with Crippen LogP contribution in [0.5, 0.6) is 0 Å². The molecule has 0 saturated heterocycles. The number of aromatic nitrogens is 2. The summed E-state index contributed by atoms with van der Waals surface area (Å²) in [5, 5.41) is 7.20. The molecule has 2 heterocycles. The van der Waals surface area contributed by atoms with E-state index in [1.54, 1.807) is 30.1 Å². The number of sulfone groups is 1. The summed E-state index contributed by atoms with van der Waals surface area (Å²) in [5.41, 5.74) is 2.07. The van der Waals surface area contributed by atoms with E-state index in [2.05, 4.69) is 10.4 Å². The number of nitrogens with one attached hydrogen (secondary N) is 1. The van der Waals surface area contributed by atoms with Gasteiger partial charge in [-0.2, -0.15) is 5.10 Å². The third-order valence-corrected chi connectivity index (χ3v) is 6.16. The predicted octanol–water partition coefficient (Wildman–Crippen LogP) is 1.84. The molecule has 6 nitrogen and oxygen atoms in total. The molecule has 1 unspecified atom stereocenters. The van der Waals surface area contributed by atoms with Gasteiger partial charge in [0, 0.05) is 25.7 Å². The van der Waals surface area contributed by atoms with Gasteiger partial charge in [0.25, 0.3) is 5.91 Å². The number of hydrogen-bond acceptors (Lipinski definition) is 4. The fourth-order valence-electron chi connectivity index (χ4n) is 3.13. The molecule has 2 aromatic rings. The molecule has 3 rings (SSSR count). The molecule has 1 N–H and O–H groups in total. The molecular weight excluding hydrogens is 326 g/mol. The maximum Gasteiger partial charge on any atom is 0.254 e. The average molecular weight is 347 g/mol. The Bertz CT molecular complexity index is 884. The van der Waals surface area contributed by atoms with Gasteiger partial charge in [-0.15, -0.1) is 0 Å². The van der Waals surface area contributed by atoms with E-state index in [-0.39, 0.29) is 23.5 Å². The topological polar surface area (TPSA) is 81.1 Å². The van der Waals surface area contributed by atoms with E-state index in [1.807, 2.05) is 26.0 Å². The van der Waals surface area contributed by atoms with Crippen molar-refractivity contribution < 1.29 is 13.2 Å². The first-order valence-electron chi connectivity index (χ1n) is 7.93. The molecule has 1 aromatic heterocycles. The highest BCUT2D eigenvalue weighted by molar-refractivity contribution is 7.91. The largest absolute Gasteiger partial charge is 0.351 e. The van der Waals surface area contributed by atoms with Crippen LogP contribution in [-0.4, -0.2) is 36.4 Å². The van der Waals surface area contributed by atoms with Gasteiger partial charge in [0.2, 0.25) is 0 Å². The van der Waals surface area contributed by atoms with Crippen molar-refractivity contribution in [2.24, 2.45) is 7.05 Å². The number of hydrogen-bond donors (Lipinski definition) is 1. The van der Waals surface area contributed by atoms with Crippen molar-refractivity contribution in [3.8, 4) is 0 Å². The van der Waals surface area contributed by atoms with Crippen LogP contribution >= 0.6 is 0 Å². The van der Waals surface area contributed by atoms with Gasteiger partial charge in [-0.1, -0.05) is 32.0 Å². The van der Waals surface area contributed by atoms with Crippen LogP contribution in [0.25, 0.3) is 0 Å². The Hall–Kier alpha value is -2.15. The molecule has 128 valence electrons. The van der Waals surface area contributed by atoms with Gasteiger partial charge in [-0.25, -0.2) is 8.42 Å². The van der Waals surface area contributed by atoms with E-state index in [0.717, 1.165) is 11.3 Å². The van der Waals surface area contributed by atoms with Crippen molar-refractivity contribution in [1.82, 2.24) is 15.1 Å². The van der Waals surface area contributed by atoms with E-state index < -0.39 is 9.84 Å². The third kappa shape index (κ3) is 2.96. The van der Waals surface area contributed by atoms with Crippen LogP contribution in [-0.2, 0) is 16.9 Å². The van der Waals surface area contributed by atoms with Gasteiger partial charge in [-0.05, 0) is 17.5 Å². The lowest BCUT2D eigenvalue weighted by Crippen LogP contribution is -2.29. The van der Waals surface area contributed by atoms with Crippen molar-refractivity contribution >= 4 is 15.7 Å². The van der Waals surface area contributed by atoms with Crippen molar-refractivity contribution in [3.63, 3.8) is 0 Å². The van der Waals surface area contributed by atoms with E-state index in [9.17, 15) is 13.2 Å². The first-order valence-corrected chi connectivity index (χ1v) is 9.58. The average Bonchev–Trinajstić information content (AvgIpc) is 3.04. The summed E-state index contributed by atoms with van der Waals surface area (Å²) in [5.74, 6) is -0.251. The van der Waals surface area contributed by atoms with Crippen LogP contribution in [0.3, 0.4) is 0 Å². The van der Waals surface area contributed by atoms with Gasteiger partial charge >= 0.3 is 0 Å². The van der Waals surface area contributed by atoms with Crippen molar-refractivity contribution in [2.75, 3.05) is 12.3 Å². The summed E-state index contributed by atoms with van der Waals surface area (Å²) in [6.07, 6.45) is 1.70. The Labute approximate surface area is 141 Å². The second-order valence-corrected chi connectivity index (χ2v) is 8.49. The highest BCUT2D eigenvalue weighted by Gasteiger charge is 2.34. The zero-order chi connectivity index (χ0) is 17.5. The van der Waals surface area contributed by atoms with E-state index in [1.165, 1.54) is 0 Å². The Balaban J connectivity index is 1.77. The molecule has 1 atom stereocenters. The van der Waals surface area contributed by atoms with Crippen LogP contribution in [0.15, 0.2) is 35.4 Å². The van der Waals surface area contributed by atoms with E-state index in [4.69, 9.17) is 0 Å². The first-order chi connectivity index (χ1) is 11.3. The van der Waals surface area contributed by atoms with E-state index >= 15 is 0 Å². The molecule has 0 spiro atoms. The molecule has 1 amide bonds. The monoisotopic (exact) mass is 347 g/mol. The maximum absolute atomic E-state index is 12.5. The fraction of sp³-hybridized carbons (Fsp3) is 0.412. The SMILES string of the molecule is CC(C)c1nn(C)cc1C(=O)NCC1CS(=O)(=O)c2ccccc21. The quantitative estimate of drug-likeness (QED) is 0.915. The van der Waals surface area contributed by atoms with Crippen LogP contribution in [0, 0.1) is 0 Å². The summed E-state index contributed by atoms with van der Waals surface area (Å²) >= 11 is 0. The number of rotatable bonds is 4. The number of amides is 1. The number of carbonyl (C=O) groups is 1. The van der Waals surface area contributed by atoms with Gasteiger partial charge in [-0.3, -0.25) is 9.48 Å². The Kier molecular flexibility index (Phi) is 4.21. The van der Waals surface area contributed by atoms with Gasteiger partial charge in [0.15, 0.2) is 9.84 Å². The highest BCUT2D eigenvalue weighted by Crippen LogP contribution is 2.34. The fourth-order valence-corrected chi connectivity index (χ4v) is 5.02. The molecule has 1 aromatic carbocycles. The zero-order valence-corrected chi connectivity index (χ0v) is 14.8. The lowest BCUT2D eigenvalue weighted by atomic mass is 10.0. The summed E-state index contributed by atoms with van der Waals surface area (Å²) in [6.45, 7) is 4.26. The van der Waals surface area contributed by atoms with Crippen molar-refractivity contribution in [3.05, 3.63) is 47.3 Å². The molecule has 0 saturated carbocycles. The van der Waals surface area contributed by atoms with Gasteiger partial charge in [0.1, 0.15) is 0 Å². The zero-order valence-electron chi connectivity index (χ0n) is 14.0. The minimum absolute atomic E-state index is 0.0384. The van der Waals surface area contributed by atoms with Crippen LogP contribution in [0.4, 0.5) is 0 Å². The molecule has 0 aliphatic carbocycles. The summed E-state index contributed by atoms with van der Waals surface area (Å²) < 4.78 is 26.0. The maximum atomic E-state index is 12.5. The number of aryl methyl sites for hydroxylation is 1. The molecule has 0 bridgehead atoms. The molecule has 0 fully saturated rings. The number of carbonyl (C=O) groups excluding carboxylic acids is 1. The Morgan fingerprint density at radius 3 is 2.79 bits per heavy atom. The summed E-state index contributed by atoms with van der Waals surface area (Å²) in [6, 6.07) is 7.00. The lowest BCUT2D eigenvalue weighted by molar-refractivity contribution is 0.0950. The number of benzene rings is 1. The Morgan fingerprint density at radius 1 is 1.38 bits per heavy atom.